The lowest BCUT2D eigenvalue weighted by Crippen LogP contribution is -2.49. The average Bonchev–Trinajstić information content (AvgIpc) is 2.65. The number of ether oxygens (including phenoxy) is 1. The molecule has 0 spiro atoms. The molecule has 3 rings (SSSR count). The molecular formula is C11H19NO. The summed E-state index contributed by atoms with van der Waals surface area (Å²) in [6.45, 7) is 1.93. The number of hydrogen-bond acceptors (Lipinski definition) is 2. The van der Waals surface area contributed by atoms with E-state index in [4.69, 9.17) is 4.74 Å². The molecule has 3 atom stereocenters. The van der Waals surface area contributed by atoms with E-state index >= 15 is 0 Å². The van der Waals surface area contributed by atoms with Crippen LogP contribution >= 0.6 is 0 Å². The quantitative estimate of drug-likeness (QED) is 0.566. The van der Waals surface area contributed by atoms with Crippen LogP contribution in [0.2, 0.25) is 0 Å². The van der Waals surface area contributed by atoms with E-state index in [-0.39, 0.29) is 0 Å². The van der Waals surface area contributed by atoms with E-state index < -0.39 is 0 Å². The Hall–Kier alpha value is -0.0800. The van der Waals surface area contributed by atoms with Crippen molar-refractivity contribution in [3.05, 3.63) is 0 Å². The number of fused-ring (bicyclic) bond motifs is 3. The smallest absolute Gasteiger partial charge is 0.0996 e. The zero-order valence-corrected chi connectivity index (χ0v) is 8.24. The standard InChI is InChI=1S/C11H19NO/c1-2-4-11-9(3-1)5-6-10-7-13-8-12(10)11/h9-11H,1-8H2. The van der Waals surface area contributed by atoms with Crippen LogP contribution in [0.4, 0.5) is 0 Å². The molecule has 3 fully saturated rings. The summed E-state index contributed by atoms with van der Waals surface area (Å²) in [5.41, 5.74) is 0. The highest BCUT2D eigenvalue weighted by Crippen LogP contribution is 2.39. The molecule has 13 heavy (non-hydrogen) atoms. The number of nitrogens with zero attached hydrogens (tertiary/aromatic N) is 1. The Morgan fingerprint density at radius 1 is 1.00 bits per heavy atom. The minimum absolute atomic E-state index is 0.777. The van der Waals surface area contributed by atoms with Gasteiger partial charge in [-0.2, -0.15) is 0 Å². The molecule has 0 bridgehead atoms. The first-order valence-electron chi connectivity index (χ1n) is 5.78. The molecule has 2 heteroatoms. The zero-order chi connectivity index (χ0) is 8.67. The van der Waals surface area contributed by atoms with Crippen LogP contribution in [-0.2, 0) is 4.74 Å². The van der Waals surface area contributed by atoms with Crippen molar-refractivity contribution in [1.29, 1.82) is 0 Å². The SMILES string of the molecule is C1CCC2C(C1)CCC1COCN12. The molecular weight excluding hydrogens is 162 g/mol. The molecule has 0 aromatic heterocycles. The Balaban J connectivity index is 1.77. The highest BCUT2D eigenvalue weighted by Gasteiger charge is 2.40. The van der Waals surface area contributed by atoms with Gasteiger partial charge < -0.3 is 4.74 Å². The average molecular weight is 181 g/mol. The molecule has 3 aliphatic rings. The molecule has 0 aromatic carbocycles. The first-order valence-corrected chi connectivity index (χ1v) is 5.78. The molecule has 2 saturated heterocycles. The van der Waals surface area contributed by atoms with Crippen LogP contribution in [0.15, 0.2) is 0 Å². The molecule has 2 heterocycles. The summed E-state index contributed by atoms with van der Waals surface area (Å²) in [4.78, 5) is 2.65. The molecule has 1 aliphatic carbocycles. The molecule has 2 aliphatic heterocycles. The number of hydrogen-bond donors (Lipinski definition) is 0. The van der Waals surface area contributed by atoms with Crippen molar-refractivity contribution in [3.8, 4) is 0 Å². The maximum absolute atomic E-state index is 5.57. The van der Waals surface area contributed by atoms with E-state index in [0.717, 1.165) is 31.3 Å². The van der Waals surface area contributed by atoms with Gasteiger partial charge in [-0.25, -0.2) is 0 Å². The van der Waals surface area contributed by atoms with Crippen molar-refractivity contribution in [2.45, 2.75) is 50.6 Å². The Morgan fingerprint density at radius 2 is 1.92 bits per heavy atom. The third kappa shape index (κ3) is 1.31. The third-order valence-corrected chi connectivity index (χ3v) is 4.19. The Morgan fingerprint density at radius 3 is 2.92 bits per heavy atom. The summed E-state index contributed by atoms with van der Waals surface area (Å²) in [5.74, 6) is 1.01. The fourth-order valence-corrected chi connectivity index (χ4v) is 3.48. The summed E-state index contributed by atoms with van der Waals surface area (Å²) >= 11 is 0. The molecule has 0 N–H and O–H groups in total. The van der Waals surface area contributed by atoms with Crippen molar-refractivity contribution >= 4 is 0 Å². The van der Waals surface area contributed by atoms with Crippen LogP contribution in [0.1, 0.15) is 38.5 Å². The second kappa shape index (κ2) is 3.25. The highest BCUT2D eigenvalue weighted by molar-refractivity contribution is 4.92. The lowest BCUT2D eigenvalue weighted by atomic mass is 9.77. The van der Waals surface area contributed by atoms with Crippen molar-refractivity contribution in [2.75, 3.05) is 13.3 Å². The lowest BCUT2D eigenvalue weighted by molar-refractivity contribution is 0.0251. The van der Waals surface area contributed by atoms with Gasteiger partial charge in [-0.15, -0.1) is 0 Å². The molecule has 0 amide bonds. The van der Waals surface area contributed by atoms with Gasteiger partial charge in [0.25, 0.3) is 0 Å². The first-order chi connectivity index (χ1) is 6.45. The molecule has 74 valence electrons. The van der Waals surface area contributed by atoms with E-state index in [9.17, 15) is 0 Å². The zero-order valence-electron chi connectivity index (χ0n) is 8.24. The van der Waals surface area contributed by atoms with Gasteiger partial charge in [-0.05, 0) is 31.6 Å². The summed E-state index contributed by atoms with van der Waals surface area (Å²) in [7, 11) is 0. The lowest BCUT2D eigenvalue weighted by Gasteiger charge is -2.44. The second-order valence-electron chi connectivity index (χ2n) is 4.86. The van der Waals surface area contributed by atoms with Crippen molar-refractivity contribution in [1.82, 2.24) is 4.90 Å². The fraction of sp³-hybridized carbons (Fsp3) is 1.00. The maximum Gasteiger partial charge on any atom is 0.0996 e. The van der Waals surface area contributed by atoms with E-state index in [0.29, 0.717) is 0 Å². The van der Waals surface area contributed by atoms with Gasteiger partial charge in [-0.1, -0.05) is 12.8 Å². The van der Waals surface area contributed by atoms with Gasteiger partial charge in [-0.3, -0.25) is 4.90 Å². The van der Waals surface area contributed by atoms with E-state index in [1.807, 2.05) is 0 Å². The van der Waals surface area contributed by atoms with Gasteiger partial charge in [0.2, 0.25) is 0 Å². The highest BCUT2D eigenvalue weighted by atomic mass is 16.5. The molecule has 1 saturated carbocycles. The van der Waals surface area contributed by atoms with Crippen LogP contribution < -0.4 is 0 Å². The number of rotatable bonds is 0. The fourth-order valence-electron chi connectivity index (χ4n) is 3.48. The minimum atomic E-state index is 0.777. The summed E-state index contributed by atoms with van der Waals surface area (Å²) in [5, 5.41) is 0. The maximum atomic E-state index is 5.57. The predicted octanol–water partition coefficient (Wildman–Crippen LogP) is 2.00. The molecule has 0 aromatic rings. The largest absolute Gasteiger partial charge is 0.364 e. The van der Waals surface area contributed by atoms with Gasteiger partial charge in [0.1, 0.15) is 0 Å². The predicted molar refractivity (Wildman–Crippen MR) is 51.4 cm³/mol. The van der Waals surface area contributed by atoms with Gasteiger partial charge in [0.15, 0.2) is 0 Å². The topological polar surface area (TPSA) is 12.5 Å². The third-order valence-electron chi connectivity index (χ3n) is 4.19. The number of piperidine rings is 1. The summed E-state index contributed by atoms with van der Waals surface area (Å²) in [6, 6.07) is 1.66. The van der Waals surface area contributed by atoms with Crippen molar-refractivity contribution < 1.29 is 4.74 Å². The summed E-state index contributed by atoms with van der Waals surface area (Å²) in [6.07, 6.45) is 8.69. The van der Waals surface area contributed by atoms with Crippen LogP contribution in [0.5, 0.6) is 0 Å². The van der Waals surface area contributed by atoms with Crippen LogP contribution in [0.25, 0.3) is 0 Å². The first kappa shape index (κ1) is 8.25. The van der Waals surface area contributed by atoms with Crippen LogP contribution in [-0.4, -0.2) is 30.3 Å². The van der Waals surface area contributed by atoms with Crippen LogP contribution in [0, 0.1) is 5.92 Å². The van der Waals surface area contributed by atoms with Gasteiger partial charge >= 0.3 is 0 Å². The van der Waals surface area contributed by atoms with E-state index in [2.05, 4.69) is 4.90 Å². The van der Waals surface area contributed by atoms with E-state index in [1.54, 1.807) is 0 Å². The van der Waals surface area contributed by atoms with E-state index in [1.165, 1.54) is 38.5 Å². The van der Waals surface area contributed by atoms with Crippen molar-refractivity contribution in [3.63, 3.8) is 0 Å². The van der Waals surface area contributed by atoms with Gasteiger partial charge in [0, 0.05) is 12.1 Å². The molecule has 2 nitrogen and oxygen atoms in total. The van der Waals surface area contributed by atoms with Gasteiger partial charge in [0.05, 0.1) is 13.3 Å². The Kier molecular flexibility index (Phi) is 2.06. The minimum Gasteiger partial charge on any atom is -0.364 e. The summed E-state index contributed by atoms with van der Waals surface area (Å²) < 4.78 is 5.57. The molecule has 0 radical (unpaired) electrons. The Bertz CT molecular complexity index is 195. The monoisotopic (exact) mass is 181 g/mol. The normalized spacial score (nSPS) is 45.7. The Labute approximate surface area is 80.2 Å². The molecule has 3 unspecified atom stereocenters. The van der Waals surface area contributed by atoms with Crippen LogP contribution in [0.3, 0.4) is 0 Å². The van der Waals surface area contributed by atoms with Crippen molar-refractivity contribution in [2.24, 2.45) is 5.92 Å². The second-order valence-corrected chi connectivity index (χ2v) is 4.86.